The summed E-state index contributed by atoms with van der Waals surface area (Å²) in [6.07, 6.45) is -1.36. The van der Waals surface area contributed by atoms with E-state index in [4.69, 9.17) is 14.6 Å². The highest BCUT2D eigenvalue weighted by Gasteiger charge is 2.24. The number of carboxylic acids is 1. The van der Waals surface area contributed by atoms with E-state index in [9.17, 15) is 14.4 Å². The fourth-order valence-electron chi connectivity index (χ4n) is 1.59. The second-order valence-electron chi connectivity index (χ2n) is 5.38. The molecular formula is C16H21NO6. The number of esters is 1. The van der Waals surface area contributed by atoms with Crippen molar-refractivity contribution in [2.24, 2.45) is 5.92 Å². The molecule has 0 spiro atoms. The summed E-state index contributed by atoms with van der Waals surface area (Å²) in [5.74, 6) is -1.87. The maximum absolute atomic E-state index is 11.6. The quantitative estimate of drug-likeness (QED) is 0.709. The Kier molecular flexibility index (Phi) is 7.59. The van der Waals surface area contributed by atoms with Crippen molar-refractivity contribution < 1.29 is 29.0 Å². The van der Waals surface area contributed by atoms with E-state index in [1.807, 2.05) is 19.9 Å². The molecule has 0 aliphatic heterocycles. The molecule has 0 fully saturated rings. The largest absolute Gasteiger partial charge is 0.480 e. The number of carbonyl (C=O) groups is 3. The van der Waals surface area contributed by atoms with Crippen molar-refractivity contribution in [1.82, 2.24) is 5.32 Å². The summed E-state index contributed by atoms with van der Waals surface area (Å²) in [6.45, 7) is 3.93. The molecule has 7 heteroatoms. The standard InChI is InChI=1S/C16H21NO6/c1-11(2)9-22-14(18)8-13(15(19)20)17-16(21)23-10-12-6-4-3-5-7-12/h3-7,11,13H,8-10H2,1-2H3,(H,17,21)(H,19,20)/t13-/m0/s1. The van der Waals surface area contributed by atoms with Crippen LogP contribution in [0.15, 0.2) is 30.3 Å². The van der Waals surface area contributed by atoms with Crippen molar-refractivity contribution in [2.75, 3.05) is 6.61 Å². The van der Waals surface area contributed by atoms with Gasteiger partial charge in [-0.3, -0.25) is 4.79 Å². The average Bonchev–Trinajstić information content (AvgIpc) is 2.51. The van der Waals surface area contributed by atoms with Crippen LogP contribution in [-0.4, -0.2) is 35.8 Å². The van der Waals surface area contributed by atoms with Crippen LogP contribution in [0, 0.1) is 5.92 Å². The van der Waals surface area contributed by atoms with Crippen molar-refractivity contribution >= 4 is 18.0 Å². The van der Waals surface area contributed by atoms with E-state index in [-0.39, 0.29) is 19.1 Å². The molecule has 7 nitrogen and oxygen atoms in total. The lowest BCUT2D eigenvalue weighted by Crippen LogP contribution is -2.42. The Morgan fingerprint density at radius 2 is 1.78 bits per heavy atom. The zero-order valence-corrected chi connectivity index (χ0v) is 13.2. The lowest BCUT2D eigenvalue weighted by molar-refractivity contribution is -0.150. The molecule has 126 valence electrons. The highest BCUT2D eigenvalue weighted by molar-refractivity contribution is 5.85. The maximum Gasteiger partial charge on any atom is 0.408 e. The molecule has 1 amide bonds. The first-order chi connectivity index (χ1) is 10.9. The Morgan fingerprint density at radius 3 is 2.35 bits per heavy atom. The number of nitrogens with one attached hydrogen (secondary N) is 1. The number of amides is 1. The molecule has 0 aromatic heterocycles. The molecule has 1 aromatic rings. The van der Waals surface area contributed by atoms with Gasteiger partial charge in [0.25, 0.3) is 0 Å². The van der Waals surface area contributed by atoms with Crippen LogP contribution in [0.3, 0.4) is 0 Å². The van der Waals surface area contributed by atoms with E-state index in [1.165, 1.54) is 0 Å². The van der Waals surface area contributed by atoms with Gasteiger partial charge in [0.2, 0.25) is 0 Å². The molecule has 0 heterocycles. The Labute approximate surface area is 134 Å². The predicted octanol–water partition coefficient (Wildman–Crippen LogP) is 1.96. The monoisotopic (exact) mass is 323 g/mol. The molecular weight excluding hydrogens is 302 g/mol. The summed E-state index contributed by atoms with van der Waals surface area (Å²) in [5.41, 5.74) is 0.769. The first kappa shape index (κ1) is 18.5. The molecule has 0 bridgehead atoms. The first-order valence-electron chi connectivity index (χ1n) is 7.24. The number of alkyl carbamates (subject to hydrolysis) is 1. The molecule has 0 aliphatic carbocycles. The number of benzene rings is 1. The molecule has 0 saturated carbocycles. The number of carboxylic acid groups (broad SMARTS) is 1. The minimum atomic E-state index is -1.39. The van der Waals surface area contributed by atoms with Crippen molar-refractivity contribution in [3.05, 3.63) is 35.9 Å². The molecule has 1 rings (SSSR count). The summed E-state index contributed by atoms with van der Waals surface area (Å²) in [4.78, 5) is 34.3. The third-order valence-corrected chi connectivity index (χ3v) is 2.75. The molecule has 2 N–H and O–H groups in total. The van der Waals surface area contributed by atoms with Gasteiger partial charge in [0.1, 0.15) is 12.6 Å². The first-order valence-corrected chi connectivity index (χ1v) is 7.24. The molecule has 0 radical (unpaired) electrons. The van der Waals surface area contributed by atoms with Crippen molar-refractivity contribution in [1.29, 1.82) is 0 Å². The third-order valence-electron chi connectivity index (χ3n) is 2.75. The maximum atomic E-state index is 11.6. The van der Waals surface area contributed by atoms with Gasteiger partial charge in [0.15, 0.2) is 0 Å². The van der Waals surface area contributed by atoms with Gasteiger partial charge < -0.3 is 19.9 Å². The van der Waals surface area contributed by atoms with Gasteiger partial charge in [-0.1, -0.05) is 44.2 Å². The van der Waals surface area contributed by atoms with Crippen LogP contribution in [0.4, 0.5) is 4.79 Å². The SMILES string of the molecule is CC(C)COC(=O)C[C@H](NC(=O)OCc1ccccc1)C(=O)O. The molecule has 1 atom stereocenters. The highest BCUT2D eigenvalue weighted by atomic mass is 16.5. The topological polar surface area (TPSA) is 102 Å². The number of carbonyl (C=O) groups excluding carboxylic acids is 2. The lowest BCUT2D eigenvalue weighted by Gasteiger charge is -2.14. The van der Waals surface area contributed by atoms with Gasteiger partial charge in [-0.15, -0.1) is 0 Å². The fraction of sp³-hybridized carbons (Fsp3) is 0.438. The van der Waals surface area contributed by atoms with Crippen LogP contribution in [-0.2, 0) is 25.7 Å². The Morgan fingerprint density at radius 1 is 1.13 bits per heavy atom. The van der Waals surface area contributed by atoms with Crippen LogP contribution < -0.4 is 5.32 Å². The van der Waals surface area contributed by atoms with Crippen LogP contribution in [0.5, 0.6) is 0 Å². The minimum Gasteiger partial charge on any atom is -0.480 e. The van der Waals surface area contributed by atoms with Gasteiger partial charge in [0.05, 0.1) is 13.0 Å². The summed E-state index contributed by atoms with van der Waals surface area (Å²) in [7, 11) is 0. The highest BCUT2D eigenvalue weighted by Crippen LogP contribution is 2.03. The van der Waals surface area contributed by atoms with Crippen LogP contribution in [0.25, 0.3) is 0 Å². The van der Waals surface area contributed by atoms with Gasteiger partial charge in [0, 0.05) is 0 Å². The molecule has 0 aliphatic rings. The van der Waals surface area contributed by atoms with E-state index < -0.39 is 30.5 Å². The Hall–Kier alpha value is -2.57. The minimum absolute atomic E-state index is 0.0107. The summed E-state index contributed by atoms with van der Waals surface area (Å²) < 4.78 is 9.82. The molecule has 0 saturated heterocycles. The van der Waals surface area contributed by atoms with Crippen LogP contribution >= 0.6 is 0 Å². The van der Waals surface area contributed by atoms with E-state index >= 15 is 0 Å². The van der Waals surface area contributed by atoms with Crippen molar-refractivity contribution in [2.45, 2.75) is 32.9 Å². The summed E-state index contributed by atoms with van der Waals surface area (Å²) in [5, 5.41) is 11.2. The Bertz CT molecular complexity index is 529. The van der Waals surface area contributed by atoms with Crippen LogP contribution in [0.2, 0.25) is 0 Å². The second-order valence-corrected chi connectivity index (χ2v) is 5.38. The van der Waals surface area contributed by atoms with Crippen molar-refractivity contribution in [3.63, 3.8) is 0 Å². The van der Waals surface area contributed by atoms with E-state index in [0.717, 1.165) is 5.56 Å². The average molecular weight is 323 g/mol. The normalized spacial score (nSPS) is 11.6. The molecule has 0 unspecified atom stereocenters. The summed E-state index contributed by atoms with van der Waals surface area (Å²) >= 11 is 0. The summed E-state index contributed by atoms with van der Waals surface area (Å²) in [6, 6.07) is 7.56. The number of ether oxygens (including phenoxy) is 2. The van der Waals surface area contributed by atoms with Crippen molar-refractivity contribution in [3.8, 4) is 0 Å². The van der Waals surface area contributed by atoms with Gasteiger partial charge in [-0.2, -0.15) is 0 Å². The fourth-order valence-corrected chi connectivity index (χ4v) is 1.59. The van der Waals surface area contributed by atoms with Gasteiger partial charge in [-0.25, -0.2) is 9.59 Å². The molecule has 23 heavy (non-hydrogen) atoms. The number of aliphatic carboxylic acids is 1. The predicted molar refractivity (Wildman–Crippen MR) is 81.6 cm³/mol. The zero-order chi connectivity index (χ0) is 17.2. The Balaban J connectivity index is 2.43. The molecule has 1 aromatic carbocycles. The van der Waals surface area contributed by atoms with Crippen LogP contribution in [0.1, 0.15) is 25.8 Å². The van der Waals surface area contributed by atoms with E-state index in [2.05, 4.69) is 5.32 Å². The van der Waals surface area contributed by atoms with Gasteiger partial charge in [-0.05, 0) is 11.5 Å². The number of hydrogen-bond acceptors (Lipinski definition) is 5. The number of rotatable bonds is 8. The number of hydrogen-bond donors (Lipinski definition) is 2. The zero-order valence-electron chi connectivity index (χ0n) is 13.2. The van der Waals surface area contributed by atoms with E-state index in [0.29, 0.717) is 0 Å². The van der Waals surface area contributed by atoms with E-state index in [1.54, 1.807) is 24.3 Å². The lowest BCUT2D eigenvalue weighted by atomic mass is 10.2. The smallest absolute Gasteiger partial charge is 0.408 e. The second kappa shape index (κ2) is 9.45. The van der Waals surface area contributed by atoms with Gasteiger partial charge >= 0.3 is 18.0 Å². The third kappa shape index (κ3) is 7.85.